The van der Waals surface area contributed by atoms with Gasteiger partial charge in [-0.25, -0.2) is 0 Å². The van der Waals surface area contributed by atoms with E-state index in [0.717, 1.165) is 12.8 Å². The number of hydrogen-bond donors (Lipinski definition) is 1. The van der Waals surface area contributed by atoms with E-state index in [9.17, 15) is 14.7 Å². The number of aliphatic hydroxyl groups excluding tert-OH is 1. The van der Waals surface area contributed by atoms with Gasteiger partial charge in [0.1, 0.15) is 17.3 Å². The van der Waals surface area contributed by atoms with Crippen molar-refractivity contribution in [3.05, 3.63) is 64.2 Å². The van der Waals surface area contributed by atoms with Crippen molar-refractivity contribution >= 4 is 29.1 Å². The number of carbonyl (C=O) groups is 2. The van der Waals surface area contributed by atoms with Crippen LogP contribution in [0.2, 0.25) is 5.02 Å². The van der Waals surface area contributed by atoms with Crippen molar-refractivity contribution in [3.63, 3.8) is 0 Å². The van der Waals surface area contributed by atoms with Crippen LogP contribution in [0.4, 0.5) is 0 Å². The van der Waals surface area contributed by atoms with Gasteiger partial charge in [0, 0.05) is 18.7 Å². The van der Waals surface area contributed by atoms with Gasteiger partial charge in [-0.2, -0.15) is 0 Å². The van der Waals surface area contributed by atoms with Crippen LogP contribution in [-0.2, 0) is 14.3 Å². The number of carbonyl (C=O) groups excluding carboxylic acids is 2. The van der Waals surface area contributed by atoms with Gasteiger partial charge in [0.05, 0.1) is 36.5 Å². The molecule has 2 heterocycles. The number of hydrogen-bond acceptors (Lipinski definition) is 6. The average molecular weight is 472 g/mol. The number of rotatable bonds is 7. The zero-order chi connectivity index (χ0) is 23.5. The van der Waals surface area contributed by atoms with Gasteiger partial charge in [0.15, 0.2) is 0 Å². The Hall–Kier alpha value is -3.03. The molecule has 2 unspecified atom stereocenters. The van der Waals surface area contributed by atoms with Gasteiger partial charge in [-0.1, -0.05) is 23.7 Å². The molecule has 0 spiro atoms. The summed E-state index contributed by atoms with van der Waals surface area (Å²) < 4.78 is 16.5. The first-order valence-electron chi connectivity index (χ1n) is 10.9. The van der Waals surface area contributed by atoms with E-state index in [4.69, 9.17) is 25.8 Å². The van der Waals surface area contributed by atoms with Gasteiger partial charge in [0.2, 0.25) is 0 Å². The lowest BCUT2D eigenvalue weighted by molar-refractivity contribution is -0.140. The van der Waals surface area contributed by atoms with Gasteiger partial charge in [-0.15, -0.1) is 0 Å². The van der Waals surface area contributed by atoms with Gasteiger partial charge in [-0.3, -0.25) is 9.59 Å². The van der Waals surface area contributed by atoms with E-state index in [1.807, 2.05) is 6.92 Å². The lowest BCUT2D eigenvalue weighted by atomic mass is 9.95. The van der Waals surface area contributed by atoms with Crippen LogP contribution < -0.4 is 9.47 Å². The highest BCUT2D eigenvalue weighted by Gasteiger charge is 2.47. The Morgan fingerprint density at radius 1 is 1.18 bits per heavy atom. The first kappa shape index (κ1) is 23.1. The van der Waals surface area contributed by atoms with Crippen molar-refractivity contribution in [2.45, 2.75) is 31.9 Å². The Bertz CT molecular complexity index is 1070. The maximum atomic E-state index is 13.2. The molecule has 1 N–H and O–H groups in total. The third kappa shape index (κ3) is 4.56. The minimum atomic E-state index is -0.785. The van der Waals surface area contributed by atoms with Crippen LogP contribution in [0.3, 0.4) is 0 Å². The Morgan fingerprint density at radius 2 is 1.91 bits per heavy atom. The summed E-state index contributed by atoms with van der Waals surface area (Å²) in [6, 6.07) is 11.1. The molecule has 2 saturated heterocycles. The fourth-order valence-electron chi connectivity index (χ4n) is 4.30. The largest absolute Gasteiger partial charge is 0.507 e. The summed E-state index contributed by atoms with van der Waals surface area (Å²) in [5.74, 6) is -0.634. The maximum Gasteiger partial charge on any atom is 0.295 e. The van der Waals surface area contributed by atoms with Crippen LogP contribution in [0.15, 0.2) is 48.0 Å². The number of aliphatic hydroxyl groups is 1. The van der Waals surface area contributed by atoms with Crippen molar-refractivity contribution < 1.29 is 28.9 Å². The second-order valence-electron chi connectivity index (χ2n) is 7.93. The maximum absolute atomic E-state index is 13.2. The van der Waals surface area contributed by atoms with Crippen molar-refractivity contribution in [1.82, 2.24) is 4.90 Å². The lowest BCUT2D eigenvalue weighted by Crippen LogP contribution is -2.36. The van der Waals surface area contributed by atoms with Crippen molar-refractivity contribution in [2.24, 2.45) is 0 Å². The monoisotopic (exact) mass is 471 g/mol. The predicted octanol–water partition coefficient (Wildman–Crippen LogP) is 4.35. The molecule has 0 aromatic heterocycles. The fourth-order valence-corrected chi connectivity index (χ4v) is 4.50. The zero-order valence-electron chi connectivity index (χ0n) is 18.5. The van der Waals surface area contributed by atoms with Crippen LogP contribution in [0.1, 0.15) is 36.9 Å². The normalized spacial score (nSPS) is 22.1. The Labute approximate surface area is 197 Å². The number of nitrogens with zero attached hydrogens (tertiary/aromatic N) is 1. The van der Waals surface area contributed by atoms with E-state index in [1.165, 1.54) is 4.90 Å². The van der Waals surface area contributed by atoms with Gasteiger partial charge >= 0.3 is 0 Å². The first-order chi connectivity index (χ1) is 15.9. The van der Waals surface area contributed by atoms with Gasteiger partial charge in [-0.05, 0) is 55.7 Å². The molecular weight excluding hydrogens is 446 g/mol. The molecule has 2 aliphatic rings. The minimum Gasteiger partial charge on any atom is -0.507 e. The average Bonchev–Trinajstić information content (AvgIpc) is 3.42. The summed E-state index contributed by atoms with van der Waals surface area (Å²) in [7, 11) is 1.56. The molecule has 2 aromatic rings. The number of ketones is 1. The number of ether oxygens (including phenoxy) is 3. The van der Waals surface area contributed by atoms with Crippen LogP contribution in [0, 0.1) is 0 Å². The summed E-state index contributed by atoms with van der Waals surface area (Å²) >= 11 is 6.36. The highest BCUT2D eigenvalue weighted by Crippen LogP contribution is 2.42. The van der Waals surface area contributed by atoms with Crippen LogP contribution in [0.5, 0.6) is 11.5 Å². The third-order valence-electron chi connectivity index (χ3n) is 5.90. The van der Waals surface area contributed by atoms with E-state index in [-0.39, 0.29) is 34.6 Å². The quantitative estimate of drug-likeness (QED) is 0.367. The molecule has 4 rings (SSSR count). The molecule has 2 aromatic carbocycles. The van der Waals surface area contributed by atoms with Crippen molar-refractivity contribution in [3.8, 4) is 11.5 Å². The summed E-state index contributed by atoms with van der Waals surface area (Å²) in [4.78, 5) is 27.8. The minimum absolute atomic E-state index is 0.0151. The molecule has 0 bridgehead atoms. The van der Waals surface area contributed by atoms with Crippen LogP contribution in [0.25, 0.3) is 5.76 Å². The van der Waals surface area contributed by atoms with Gasteiger partial charge in [0.25, 0.3) is 11.7 Å². The Morgan fingerprint density at radius 3 is 2.55 bits per heavy atom. The number of likely N-dealkylation sites (tertiary alicyclic amines) is 1. The van der Waals surface area contributed by atoms with Crippen LogP contribution >= 0.6 is 11.6 Å². The van der Waals surface area contributed by atoms with E-state index in [1.54, 1.807) is 49.6 Å². The van der Waals surface area contributed by atoms with Crippen molar-refractivity contribution in [2.75, 3.05) is 26.9 Å². The topological polar surface area (TPSA) is 85.3 Å². The highest BCUT2D eigenvalue weighted by molar-refractivity contribution is 6.47. The highest BCUT2D eigenvalue weighted by atomic mass is 35.5. The summed E-state index contributed by atoms with van der Waals surface area (Å²) in [5.41, 5.74) is 0.890. The molecular formula is C25H26ClNO6. The van der Waals surface area contributed by atoms with E-state index < -0.39 is 17.7 Å². The number of benzene rings is 2. The zero-order valence-corrected chi connectivity index (χ0v) is 19.3. The molecule has 8 heteroatoms. The molecule has 33 heavy (non-hydrogen) atoms. The second kappa shape index (κ2) is 9.85. The molecule has 1 amide bonds. The smallest absolute Gasteiger partial charge is 0.295 e. The van der Waals surface area contributed by atoms with Gasteiger partial charge < -0.3 is 24.2 Å². The van der Waals surface area contributed by atoms with Crippen molar-refractivity contribution in [1.29, 1.82) is 0 Å². The number of halogens is 1. The number of amides is 1. The summed E-state index contributed by atoms with van der Waals surface area (Å²) in [6.45, 7) is 3.15. The van der Waals surface area contributed by atoms with E-state index in [2.05, 4.69) is 0 Å². The Kier molecular flexibility index (Phi) is 6.91. The molecule has 2 aliphatic heterocycles. The summed E-state index contributed by atoms with van der Waals surface area (Å²) in [5, 5.41) is 11.5. The predicted molar refractivity (Wildman–Crippen MR) is 124 cm³/mol. The van der Waals surface area contributed by atoms with Crippen LogP contribution in [-0.4, -0.2) is 54.7 Å². The molecule has 174 valence electrons. The molecule has 7 nitrogen and oxygen atoms in total. The number of Topliss-reactive ketones (excluding diaryl/α,β-unsaturated/α-hetero) is 1. The first-order valence-corrected chi connectivity index (χ1v) is 11.3. The summed E-state index contributed by atoms with van der Waals surface area (Å²) in [6.07, 6.45) is 1.55. The third-order valence-corrected chi connectivity index (χ3v) is 6.23. The standard InChI is InChI=1S/C25H26ClNO6/c1-3-32-17-10-11-20(26)19(13-17)23(28)21-22(15-6-8-16(31-2)9-7-15)27(25(30)24(21)29)14-18-5-4-12-33-18/h6-11,13,18,22,28H,3-5,12,14H2,1-2H3/b23-21+. The lowest BCUT2D eigenvalue weighted by Gasteiger charge is -2.27. The molecule has 2 atom stereocenters. The molecule has 0 saturated carbocycles. The Balaban J connectivity index is 1.83. The molecule has 0 aliphatic carbocycles. The molecule has 0 radical (unpaired) electrons. The fraction of sp³-hybridized carbons (Fsp3) is 0.360. The molecule has 2 fully saturated rings. The number of methoxy groups -OCH3 is 1. The second-order valence-corrected chi connectivity index (χ2v) is 8.34. The van der Waals surface area contributed by atoms with E-state index in [0.29, 0.717) is 30.3 Å². The SMILES string of the molecule is CCOc1ccc(Cl)c(/C(O)=C2\C(=O)C(=O)N(CC3CCCO3)C2c2ccc(OC)cc2)c1. The van der Waals surface area contributed by atoms with E-state index >= 15 is 0 Å².